The molecular formula is C24H17ClFN3O3S. The summed E-state index contributed by atoms with van der Waals surface area (Å²) < 4.78 is 38.7. The molecule has 4 rings (SSSR count). The zero-order chi connectivity index (χ0) is 23.6. The summed E-state index contributed by atoms with van der Waals surface area (Å²) in [5.74, 6) is -0.810. The van der Waals surface area contributed by atoms with Crippen molar-refractivity contribution >= 4 is 38.7 Å². The van der Waals surface area contributed by atoms with E-state index in [2.05, 4.69) is 10.3 Å². The second-order valence-electron chi connectivity index (χ2n) is 7.11. The molecule has 1 amide bonds. The Labute approximate surface area is 194 Å². The van der Waals surface area contributed by atoms with Gasteiger partial charge in [-0.1, -0.05) is 29.8 Å². The van der Waals surface area contributed by atoms with E-state index in [9.17, 15) is 17.6 Å². The number of nitrogen functional groups attached to an aromatic ring is 1. The monoisotopic (exact) mass is 481 g/mol. The lowest BCUT2D eigenvalue weighted by Gasteiger charge is -2.11. The first kappa shape index (κ1) is 22.4. The van der Waals surface area contributed by atoms with Gasteiger partial charge in [0.05, 0.1) is 21.2 Å². The molecule has 0 aliphatic heterocycles. The van der Waals surface area contributed by atoms with Crippen molar-refractivity contribution in [2.75, 3.05) is 11.1 Å². The molecular weight excluding hydrogens is 465 g/mol. The van der Waals surface area contributed by atoms with E-state index in [1.807, 2.05) is 0 Å². The van der Waals surface area contributed by atoms with E-state index in [0.717, 1.165) is 11.1 Å². The number of sulfone groups is 1. The summed E-state index contributed by atoms with van der Waals surface area (Å²) in [5.41, 5.74) is 8.49. The molecule has 0 spiro atoms. The van der Waals surface area contributed by atoms with E-state index in [1.165, 1.54) is 54.7 Å². The van der Waals surface area contributed by atoms with Crippen LogP contribution in [0.15, 0.2) is 94.9 Å². The molecule has 0 aliphatic rings. The first-order valence-corrected chi connectivity index (χ1v) is 11.5. The summed E-state index contributed by atoms with van der Waals surface area (Å²) in [6.07, 6.45) is 1.18. The number of carbonyl (C=O) groups is 1. The van der Waals surface area contributed by atoms with Gasteiger partial charge in [-0.25, -0.2) is 17.8 Å². The summed E-state index contributed by atoms with van der Waals surface area (Å²) in [7, 11) is -3.80. The molecule has 1 heterocycles. The fraction of sp³-hybridized carbons (Fsp3) is 0. The van der Waals surface area contributed by atoms with Gasteiger partial charge < -0.3 is 11.1 Å². The number of carbonyl (C=O) groups excluding carboxylic acids is 1. The van der Waals surface area contributed by atoms with Gasteiger partial charge in [-0.15, -0.1) is 0 Å². The van der Waals surface area contributed by atoms with E-state index in [1.54, 1.807) is 30.3 Å². The minimum atomic E-state index is -3.80. The zero-order valence-electron chi connectivity index (χ0n) is 17.0. The van der Waals surface area contributed by atoms with Crippen LogP contribution in [0.3, 0.4) is 0 Å². The highest BCUT2D eigenvalue weighted by Gasteiger charge is 2.19. The number of anilines is 2. The van der Waals surface area contributed by atoms with Crippen LogP contribution in [0.2, 0.25) is 5.15 Å². The number of rotatable bonds is 5. The highest BCUT2D eigenvalue weighted by atomic mass is 35.5. The Morgan fingerprint density at radius 1 is 0.879 bits per heavy atom. The fourth-order valence-electron chi connectivity index (χ4n) is 3.12. The van der Waals surface area contributed by atoms with Crippen LogP contribution < -0.4 is 11.1 Å². The van der Waals surface area contributed by atoms with Crippen molar-refractivity contribution in [1.29, 1.82) is 0 Å². The highest BCUT2D eigenvalue weighted by molar-refractivity contribution is 7.91. The lowest BCUT2D eigenvalue weighted by Crippen LogP contribution is -2.13. The number of benzene rings is 3. The topological polar surface area (TPSA) is 102 Å². The third-order valence-corrected chi connectivity index (χ3v) is 6.89. The van der Waals surface area contributed by atoms with Gasteiger partial charge in [0.1, 0.15) is 11.0 Å². The van der Waals surface area contributed by atoms with Crippen LogP contribution in [0, 0.1) is 5.82 Å². The van der Waals surface area contributed by atoms with Crippen LogP contribution in [0.25, 0.3) is 11.1 Å². The van der Waals surface area contributed by atoms with E-state index in [4.69, 9.17) is 17.3 Å². The summed E-state index contributed by atoms with van der Waals surface area (Å²) in [5, 5.41) is 2.92. The Balaban J connectivity index is 1.55. The molecule has 0 radical (unpaired) electrons. The molecule has 0 fully saturated rings. The van der Waals surface area contributed by atoms with Crippen LogP contribution in [0.1, 0.15) is 10.4 Å². The first-order valence-electron chi connectivity index (χ1n) is 9.67. The number of aromatic nitrogens is 1. The Hall–Kier alpha value is -3.75. The number of nitrogens with one attached hydrogen (secondary N) is 1. The maximum Gasteiger partial charge on any atom is 0.255 e. The van der Waals surface area contributed by atoms with Gasteiger partial charge in [0.2, 0.25) is 9.84 Å². The molecule has 33 heavy (non-hydrogen) atoms. The Kier molecular flexibility index (Phi) is 6.13. The second kappa shape index (κ2) is 9.01. The molecule has 6 nitrogen and oxygen atoms in total. The smallest absolute Gasteiger partial charge is 0.255 e. The molecule has 0 unspecified atom stereocenters. The Bertz CT molecular complexity index is 1420. The fourth-order valence-corrected chi connectivity index (χ4v) is 4.44. The van der Waals surface area contributed by atoms with Crippen LogP contribution in [-0.2, 0) is 9.84 Å². The van der Waals surface area contributed by atoms with Crippen molar-refractivity contribution < 1.29 is 17.6 Å². The normalized spacial score (nSPS) is 11.2. The number of hydrogen-bond acceptors (Lipinski definition) is 5. The van der Waals surface area contributed by atoms with Crippen LogP contribution in [0.5, 0.6) is 0 Å². The molecule has 166 valence electrons. The summed E-state index contributed by atoms with van der Waals surface area (Å²) in [6.45, 7) is 0. The molecule has 3 N–H and O–H groups in total. The number of hydrogen-bond donors (Lipinski definition) is 2. The van der Waals surface area contributed by atoms with Gasteiger partial charge >= 0.3 is 0 Å². The molecule has 3 aromatic carbocycles. The minimum Gasteiger partial charge on any atom is -0.397 e. The molecule has 0 saturated carbocycles. The first-order chi connectivity index (χ1) is 15.7. The lowest BCUT2D eigenvalue weighted by atomic mass is 10.0. The second-order valence-corrected chi connectivity index (χ2v) is 9.44. The van der Waals surface area contributed by atoms with Gasteiger partial charge in [0, 0.05) is 11.8 Å². The van der Waals surface area contributed by atoms with Crippen molar-refractivity contribution in [3.63, 3.8) is 0 Å². The Morgan fingerprint density at radius 3 is 2.15 bits per heavy atom. The molecule has 9 heteroatoms. The van der Waals surface area contributed by atoms with Crippen molar-refractivity contribution in [1.82, 2.24) is 4.98 Å². The van der Waals surface area contributed by atoms with E-state index >= 15 is 0 Å². The number of halogens is 2. The SMILES string of the molecule is Nc1ccc(-c2ccc(F)cc2)cc1NC(=O)c1ccc(S(=O)(=O)c2ccc(Cl)nc2)cc1. The van der Waals surface area contributed by atoms with Gasteiger partial charge in [-0.3, -0.25) is 4.79 Å². The van der Waals surface area contributed by atoms with Gasteiger partial charge in [0.15, 0.2) is 0 Å². The van der Waals surface area contributed by atoms with Crippen LogP contribution in [-0.4, -0.2) is 19.3 Å². The van der Waals surface area contributed by atoms with Crippen LogP contribution in [0.4, 0.5) is 15.8 Å². The van der Waals surface area contributed by atoms with Crippen molar-refractivity contribution in [3.05, 3.63) is 102 Å². The number of nitrogens with zero attached hydrogens (tertiary/aromatic N) is 1. The lowest BCUT2D eigenvalue weighted by molar-refractivity contribution is 0.102. The quantitative estimate of drug-likeness (QED) is 0.301. The van der Waals surface area contributed by atoms with E-state index in [0.29, 0.717) is 11.4 Å². The maximum atomic E-state index is 13.2. The third kappa shape index (κ3) is 4.87. The van der Waals surface area contributed by atoms with E-state index < -0.39 is 15.7 Å². The molecule has 0 bridgehead atoms. The van der Waals surface area contributed by atoms with Crippen molar-refractivity contribution in [3.8, 4) is 11.1 Å². The standard InChI is InChI=1S/C24H17ClFN3O3S/c25-23-12-10-20(14-28-23)33(31,32)19-8-3-16(4-9-19)24(30)29-22-13-17(5-11-21(22)27)15-1-6-18(26)7-2-15/h1-14H,27H2,(H,29,30). The van der Waals surface area contributed by atoms with E-state index in [-0.39, 0.29) is 26.3 Å². The molecule has 4 aromatic rings. The zero-order valence-corrected chi connectivity index (χ0v) is 18.6. The summed E-state index contributed by atoms with van der Waals surface area (Å²) in [6, 6.07) is 19.3. The minimum absolute atomic E-state index is 0.00511. The Morgan fingerprint density at radius 2 is 1.52 bits per heavy atom. The van der Waals surface area contributed by atoms with Gasteiger partial charge in [0.25, 0.3) is 5.91 Å². The van der Waals surface area contributed by atoms with Crippen molar-refractivity contribution in [2.24, 2.45) is 0 Å². The third-order valence-electron chi connectivity index (χ3n) is 4.92. The largest absolute Gasteiger partial charge is 0.397 e. The average molecular weight is 482 g/mol. The predicted octanol–water partition coefficient (Wildman–Crippen LogP) is 5.21. The summed E-state index contributed by atoms with van der Waals surface area (Å²) in [4.78, 5) is 16.5. The maximum absolute atomic E-state index is 13.2. The average Bonchev–Trinajstić information content (AvgIpc) is 2.81. The predicted molar refractivity (Wildman–Crippen MR) is 125 cm³/mol. The molecule has 0 atom stereocenters. The van der Waals surface area contributed by atoms with Gasteiger partial charge in [-0.05, 0) is 71.8 Å². The number of nitrogens with two attached hydrogens (primary N) is 1. The summed E-state index contributed by atoms with van der Waals surface area (Å²) >= 11 is 5.72. The molecule has 0 saturated heterocycles. The number of pyridine rings is 1. The molecule has 1 aromatic heterocycles. The number of amides is 1. The van der Waals surface area contributed by atoms with Gasteiger partial charge in [-0.2, -0.15) is 0 Å². The highest BCUT2D eigenvalue weighted by Crippen LogP contribution is 2.28. The molecule has 0 aliphatic carbocycles. The van der Waals surface area contributed by atoms with Crippen LogP contribution >= 0.6 is 11.6 Å². The van der Waals surface area contributed by atoms with Crippen molar-refractivity contribution in [2.45, 2.75) is 9.79 Å².